The number of ether oxygens (including phenoxy) is 3. The molecule has 0 amide bonds. The van der Waals surface area contributed by atoms with E-state index in [1.165, 1.54) is 0 Å². The topological polar surface area (TPSA) is 83.3 Å². The van der Waals surface area contributed by atoms with Gasteiger partial charge in [0.2, 0.25) is 5.78 Å². The minimum Gasteiger partial charge on any atom is -0.487 e. The molecule has 0 aliphatic rings. The highest BCUT2D eigenvalue weighted by atomic mass is 32.2. The van der Waals surface area contributed by atoms with Crippen molar-refractivity contribution in [3.05, 3.63) is 101 Å². The zero-order chi connectivity index (χ0) is 26.2. The summed E-state index contributed by atoms with van der Waals surface area (Å²) in [5, 5.41) is 0. The minimum atomic E-state index is -0.603. The highest BCUT2D eigenvalue weighted by Crippen LogP contribution is 2.39. The molecule has 2 heterocycles. The van der Waals surface area contributed by atoms with Crippen molar-refractivity contribution < 1.29 is 28.6 Å². The number of rotatable bonds is 11. The maximum atomic E-state index is 13.8. The summed E-state index contributed by atoms with van der Waals surface area (Å²) in [6, 6.07) is 21.9. The van der Waals surface area contributed by atoms with E-state index in [0.717, 1.165) is 17.3 Å². The van der Waals surface area contributed by atoms with Crippen LogP contribution in [0, 0.1) is 0 Å². The number of pyridine rings is 1. The van der Waals surface area contributed by atoms with Gasteiger partial charge < -0.3 is 18.6 Å². The van der Waals surface area contributed by atoms with Crippen LogP contribution in [0.4, 0.5) is 0 Å². The van der Waals surface area contributed by atoms with Gasteiger partial charge in [0.25, 0.3) is 0 Å². The van der Waals surface area contributed by atoms with Crippen molar-refractivity contribution >= 4 is 35.0 Å². The third-order valence-corrected chi connectivity index (χ3v) is 6.55. The number of fused-ring (bicyclic) bond motifs is 1. The smallest absolute Gasteiger partial charge is 0.341 e. The standard InChI is InChI=1S/C29H27NO6S/c1-3-34-23(31)19-37-28-24(29(33)35-4-2)25-22(36-18-20-12-7-5-8-13-20)16-11-17-30(25)26(28)27(32)21-14-9-6-10-15-21/h5-17H,3-4,18-19H2,1-2H3. The summed E-state index contributed by atoms with van der Waals surface area (Å²) in [5.41, 5.74) is 2.24. The first-order chi connectivity index (χ1) is 18.0. The monoisotopic (exact) mass is 517 g/mol. The predicted molar refractivity (Wildman–Crippen MR) is 141 cm³/mol. The summed E-state index contributed by atoms with van der Waals surface area (Å²) in [7, 11) is 0. The lowest BCUT2D eigenvalue weighted by molar-refractivity contribution is -0.139. The number of thioether (sulfide) groups is 1. The van der Waals surface area contributed by atoms with E-state index in [1.807, 2.05) is 36.4 Å². The van der Waals surface area contributed by atoms with Crippen LogP contribution in [0.2, 0.25) is 0 Å². The summed E-state index contributed by atoms with van der Waals surface area (Å²) in [6.07, 6.45) is 1.71. The number of carbonyl (C=O) groups excluding carboxylic acids is 3. The Labute approximate surface area is 219 Å². The number of ketones is 1. The van der Waals surface area contributed by atoms with Crippen molar-refractivity contribution in [3.8, 4) is 5.75 Å². The molecule has 0 spiro atoms. The number of hydrogen-bond donors (Lipinski definition) is 0. The van der Waals surface area contributed by atoms with Crippen LogP contribution in [-0.2, 0) is 20.9 Å². The fourth-order valence-electron chi connectivity index (χ4n) is 3.91. The molecule has 0 bridgehead atoms. The van der Waals surface area contributed by atoms with Crippen LogP contribution in [0.25, 0.3) is 5.52 Å². The van der Waals surface area contributed by atoms with Crippen LogP contribution in [0.1, 0.15) is 45.8 Å². The molecule has 8 heteroatoms. The molecule has 0 unspecified atom stereocenters. The second kappa shape index (κ2) is 12.3. The van der Waals surface area contributed by atoms with Crippen molar-refractivity contribution in [2.45, 2.75) is 25.3 Å². The lowest BCUT2D eigenvalue weighted by Crippen LogP contribution is -2.11. The zero-order valence-electron chi connectivity index (χ0n) is 20.6. The third-order valence-electron chi connectivity index (χ3n) is 5.48. The van der Waals surface area contributed by atoms with Crippen molar-refractivity contribution in [2.75, 3.05) is 19.0 Å². The first-order valence-corrected chi connectivity index (χ1v) is 12.9. The van der Waals surface area contributed by atoms with Crippen LogP contribution in [0.3, 0.4) is 0 Å². The zero-order valence-corrected chi connectivity index (χ0v) is 21.5. The second-order valence-electron chi connectivity index (χ2n) is 7.93. The molecule has 0 atom stereocenters. The number of nitrogens with zero attached hydrogens (tertiary/aromatic N) is 1. The summed E-state index contributed by atoms with van der Waals surface area (Å²) in [4.78, 5) is 39.7. The van der Waals surface area contributed by atoms with Crippen LogP contribution >= 0.6 is 11.8 Å². The Morgan fingerprint density at radius 3 is 2.19 bits per heavy atom. The molecule has 4 rings (SSSR count). The van der Waals surface area contributed by atoms with Gasteiger partial charge in [-0.25, -0.2) is 4.79 Å². The quantitative estimate of drug-likeness (QED) is 0.146. The van der Waals surface area contributed by atoms with Crippen molar-refractivity contribution in [2.24, 2.45) is 0 Å². The van der Waals surface area contributed by atoms with Gasteiger partial charge in [0.05, 0.1) is 23.9 Å². The summed E-state index contributed by atoms with van der Waals surface area (Å²) in [6.45, 7) is 4.08. The first kappa shape index (κ1) is 26.0. The Balaban J connectivity index is 1.90. The van der Waals surface area contributed by atoms with Crippen LogP contribution in [0.5, 0.6) is 5.75 Å². The van der Waals surface area contributed by atoms with E-state index in [9.17, 15) is 14.4 Å². The van der Waals surface area contributed by atoms with Gasteiger partial charge in [-0.05, 0) is 31.5 Å². The number of hydrogen-bond acceptors (Lipinski definition) is 7. The molecule has 0 saturated carbocycles. The highest BCUT2D eigenvalue weighted by molar-refractivity contribution is 8.00. The normalized spacial score (nSPS) is 10.8. The molecular formula is C29H27NO6S. The maximum absolute atomic E-state index is 13.8. The second-order valence-corrected chi connectivity index (χ2v) is 8.91. The Bertz CT molecular complexity index is 1400. The fraction of sp³-hybridized carbons (Fsp3) is 0.207. The van der Waals surface area contributed by atoms with Gasteiger partial charge in [0.1, 0.15) is 29.1 Å². The minimum absolute atomic E-state index is 0.0770. The van der Waals surface area contributed by atoms with Crippen molar-refractivity contribution in [1.29, 1.82) is 0 Å². The van der Waals surface area contributed by atoms with Crippen molar-refractivity contribution in [1.82, 2.24) is 4.40 Å². The van der Waals surface area contributed by atoms with E-state index in [0.29, 0.717) is 21.7 Å². The third kappa shape index (κ3) is 5.86. The SMILES string of the molecule is CCOC(=O)CSc1c(C(=O)OCC)c2c(OCc3ccccc3)cccn2c1C(=O)c1ccccc1. The lowest BCUT2D eigenvalue weighted by Gasteiger charge is -2.10. The van der Waals surface area contributed by atoms with E-state index >= 15 is 0 Å². The number of carbonyl (C=O) groups is 3. The molecule has 0 N–H and O–H groups in total. The van der Waals surface area contributed by atoms with Gasteiger partial charge >= 0.3 is 11.9 Å². The Morgan fingerprint density at radius 2 is 1.51 bits per heavy atom. The van der Waals surface area contributed by atoms with E-state index in [1.54, 1.807) is 60.8 Å². The molecule has 2 aromatic heterocycles. The summed E-state index contributed by atoms with van der Waals surface area (Å²) >= 11 is 1.08. The van der Waals surface area contributed by atoms with E-state index in [-0.39, 0.29) is 42.6 Å². The molecule has 0 fully saturated rings. The maximum Gasteiger partial charge on any atom is 0.341 e. The Morgan fingerprint density at radius 1 is 0.838 bits per heavy atom. The van der Waals surface area contributed by atoms with Crippen LogP contribution in [0.15, 0.2) is 83.9 Å². The first-order valence-electron chi connectivity index (χ1n) is 11.9. The molecule has 0 aliphatic heterocycles. The van der Waals surface area contributed by atoms with Gasteiger partial charge in [0.15, 0.2) is 0 Å². The molecule has 0 saturated heterocycles. The van der Waals surface area contributed by atoms with E-state index < -0.39 is 11.9 Å². The van der Waals surface area contributed by atoms with E-state index in [2.05, 4.69) is 0 Å². The Hall–Kier alpha value is -4.04. The largest absolute Gasteiger partial charge is 0.487 e. The fourth-order valence-corrected chi connectivity index (χ4v) is 4.91. The molecule has 7 nitrogen and oxygen atoms in total. The van der Waals surface area contributed by atoms with Gasteiger partial charge in [-0.1, -0.05) is 60.7 Å². The van der Waals surface area contributed by atoms with E-state index in [4.69, 9.17) is 14.2 Å². The summed E-state index contributed by atoms with van der Waals surface area (Å²) < 4.78 is 18.3. The number of benzene rings is 2. The molecule has 190 valence electrons. The average molecular weight is 518 g/mol. The number of esters is 2. The van der Waals surface area contributed by atoms with Gasteiger partial charge in [0, 0.05) is 11.8 Å². The van der Waals surface area contributed by atoms with Gasteiger partial charge in [-0.3, -0.25) is 9.59 Å². The van der Waals surface area contributed by atoms with Crippen LogP contribution < -0.4 is 4.74 Å². The molecule has 37 heavy (non-hydrogen) atoms. The van der Waals surface area contributed by atoms with Gasteiger partial charge in [-0.15, -0.1) is 11.8 Å². The summed E-state index contributed by atoms with van der Waals surface area (Å²) in [5.74, 6) is -1.01. The molecule has 0 aliphatic carbocycles. The molecule has 4 aromatic rings. The van der Waals surface area contributed by atoms with Crippen LogP contribution in [-0.4, -0.2) is 41.1 Å². The lowest BCUT2D eigenvalue weighted by atomic mass is 10.1. The highest BCUT2D eigenvalue weighted by Gasteiger charge is 2.31. The van der Waals surface area contributed by atoms with Crippen molar-refractivity contribution in [3.63, 3.8) is 0 Å². The van der Waals surface area contributed by atoms with Gasteiger partial charge in [-0.2, -0.15) is 0 Å². The number of aromatic nitrogens is 1. The predicted octanol–water partition coefficient (Wildman–Crippen LogP) is 5.58. The molecule has 0 radical (unpaired) electrons. The average Bonchev–Trinajstić information content (AvgIpc) is 3.26. The molecular weight excluding hydrogens is 490 g/mol. The molecule has 2 aromatic carbocycles. The Kier molecular flexibility index (Phi) is 8.64.